The van der Waals surface area contributed by atoms with Crippen molar-refractivity contribution in [3.63, 3.8) is 0 Å². The molecular formula is C14H13Br2NO. The van der Waals surface area contributed by atoms with Gasteiger partial charge in [-0.2, -0.15) is 0 Å². The molecule has 1 aromatic carbocycles. The van der Waals surface area contributed by atoms with E-state index in [-0.39, 0.29) is 0 Å². The Labute approximate surface area is 124 Å². The Morgan fingerprint density at radius 3 is 2.78 bits per heavy atom. The minimum atomic E-state index is 0.638. The second-order valence-corrected chi connectivity index (χ2v) is 5.28. The molecule has 0 bridgehead atoms. The Balaban J connectivity index is 1.94. The summed E-state index contributed by atoms with van der Waals surface area (Å²) in [4.78, 5) is 4.27. The molecule has 4 heteroatoms. The topological polar surface area (TPSA) is 22.1 Å². The lowest BCUT2D eigenvalue weighted by Gasteiger charge is -2.10. The molecule has 0 radical (unpaired) electrons. The van der Waals surface area contributed by atoms with Gasteiger partial charge in [0.15, 0.2) is 0 Å². The lowest BCUT2D eigenvalue weighted by molar-refractivity contribution is 0.318. The second-order valence-electron chi connectivity index (χ2n) is 3.81. The standard InChI is InChI=1S/C14H13Br2NO/c15-10-11-9-12(16)4-5-14(11)18-8-6-13-3-1-2-7-17-13/h1-5,7,9H,6,8,10H2. The first-order chi connectivity index (χ1) is 8.79. The molecular weight excluding hydrogens is 358 g/mol. The highest BCUT2D eigenvalue weighted by Crippen LogP contribution is 2.25. The largest absolute Gasteiger partial charge is 0.493 e. The van der Waals surface area contributed by atoms with Crippen LogP contribution < -0.4 is 4.74 Å². The molecule has 0 N–H and O–H groups in total. The van der Waals surface area contributed by atoms with Crippen LogP contribution in [-0.4, -0.2) is 11.6 Å². The number of aromatic nitrogens is 1. The Bertz CT molecular complexity index is 502. The number of hydrogen-bond donors (Lipinski definition) is 0. The predicted molar refractivity (Wildman–Crippen MR) is 80.2 cm³/mol. The summed E-state index contributed by atoms with van der Waals surface area (Å²) in [5.41, 5.74) is 2.19. The summed E-state index contributed by atoms with van der Waals surface area (Å²) < 4.78 is 6.86. The maximum Gasteiger partial charge on any atom is 0.123 e. The van der Waals surface area contributed by atoms with Crippen LogP contribution in [-0.2, 0) is 11.8 Å². The number of ether oxygens (including phenoxy) is 1. The minimum absolute atomic E-state index is 0.638. The normalized spacial score (nSPS) is 10.3. The number of alkyl halides is 1. The van der Waals surface area contributed by atoms with Crippen molar-refractivity contribution in [1.82, 2.24) is 4.98 Å². The Hall–Kier alpha value is -0.870. The molecule has 1 heterocycles. The van der Waals surface area contributed by atoms with E-state index in [9.17, 15) is 0 Å². The van der Waals surface area contributed by atoms with Gasteiger partial charge in [-0.3, -0.25) is 4.98 Å². The molecule has 2 rings (SSSR count). The van der Waals surface area contributed by atoms with E-state index in [4.69, 9.17) is 4.74 Å². The fourth-order valence-corrected chi connectivity index (χ4v) is 2.45. The molecule has 0 aliphatic carbocycles. The van der Waals surface area contributed by atoms with E-state index in [2.05, 4.69) is 42.9 Å². The molecule has 2 aromatic rings. The molecule has 0 atom stereocenters. The van der Waals surface area contributed by atoms with Crippen LogP contribution in [0.15, 0.2) is 47.1 Å². The fraction of sp³-hybridized carbons (Fsp3) is 0.214. The van der Waals surface area contributed by atoms with Crippen LogP contribution in [0.1, 0.15) is 11.3 Å². The molecule has 0 saturated carbocycles. The van der Waals surface area contributed by atoms with Crippen LogP contribution >= 0.6 is 31.9 Å². The quantitative estimate of drug-likeness (QED) is 0.729. The SMILES string of the molecule is BrCc1cc(Br)ccc1OCCc1ccccn1. The van der Waals surface area contributed by atoms with E-state index < -0.39 is 0 Å². The first-order valence-electron chi connectivity index (χ1n) is 5.66. The summed E-state index contributed by atoms with van der Waals surface area (Å²) in [5, 5.41) is 0.783. The Kier molecular flexibility index (Phi) is 5.20. The number of halogens is 2. The first kappa shape index (κ1) is 13.6. The number of hydrogen-bond acceptors (Lipinski definition) is 2. The summed E-state index contributed by atoms with van der Waals surface area (Å²) in [6, 6.07) is 12.0. The van der Waals surface area contributed by atoms with Crippen molar-refractivity contribution in [3.8, 4) is 5.75 Å². The Morgan fingerprint density at radius 1 is 1.17 bits per heavy atom. The smallest absolute Gasteiger partial charge is 0.123 e. The van der Waals surface area contributed by atoms with Gasteiger partial charge in [-0.15, -0.1) is 0 Å². The number of rotatable bonds is 5. The van der Waals surface area contributed by atoms with Crippen molar-refractivity contribution < 1.29 is 4.74 Å². The molecule has 0 amide bonds. The predicted octanol–water partition coefficient (Wildman–Crippen LogP) is 4.36. The maximum absolute atomic E-state index is 5.80. The summed E-state index contributed by atoms with van der Waals surface area (Å²) in [6.07, 6.45) is 2.62. The zero-order chi connectivity index (χ0) is 12.8. The van der Waals surface area contributed by atoms with Crippen LogP contribution in [0.5, 0.6) is 5.75 Å². The monoisotopic (exact) mass is 369 g/mol. The van der Waals surface area contributed by atoms with E-state index in [0.717, 1.165) is 33.2 Å². The van der Waals surface area contributed by atoms with Gasteiger partial charge in [-0.25, -0.2) is 0 Å². The molecule has 0 aliphatic heterocycles. The van der Waals surface area contributed by atoms with Gasteiger partial charge in [-0.1, -0.05) is 37.9 Å². The zero-order valence-corrected chi connectivity index (χ0v) is 12.9. The van der Waals surface area contributed by atoms with E-state index in [0.29, 0.717) is 6.61 Å². The molecule has 0 spiro atoms. The summed E-state index contributed by atoms with van der Waals surface area (Å²) in [7, 11) is 0. The minimum Gasteiger partial charge on any atom is -0.493 e. The van der Waals surface area contributed by atoms with Crippen molar-refractivity contribution >= 4 is 31.9 Å². The highest BCUT2D eigenvalue weighted by atomic mass is 79.9. The van der Waals surface area contributed by atoms with Gasteiger partial charge in [0.1, 0.15) is 5.75 Å². The summed E-state index contributed by atoms with van der Waals surface area (Å²) >= 11 is 6.92. The third kappa shape index (κ3) is 3.82. The van der Waals surface area contributed by atoms with E-state index in [1.54, 1.807) is 6.20 Å². The van der Waals surface area contributed by atoms with Gasteiger partial charge in [0.25, 0.3) is 0 Å². The average Bonchev–Trinajstić information content (AvgIpc) is 2.41. The molecule has 1 aromatic heterocycles. The van der Waals surface area contributed by atoms with Crippen LogP contribution in [0.25, 0.3) is 0 Å². The molecule has 94 valence electrons. The molecule has 18 heavy (non-hydrogen) atoms. The second kappa shape index (κ2) is 6.90. The van der Waals surface area contributed by atoms with Crippen LogP contribution in [0.2, 0.25) is 0 Å². The third-order valence-corrected chi connectivity index (χ3v) is 3.61. The van der Waals surface area contributed by atoms with Crippen LogP contribution in [0, 0.1) is 0 Å². The van der Waals surface area contributed by atoms with E-state index in [1.165, 1.54) is 0 Å². The van der Waals surface area contributed by atoms with Crippen molar-refractivity contribution in [2.75, 3.05) is 6.61 Å². The summed E-state index contributed by atoms with van der Waals surface area (Å²) in [5.74, 6) is 0.922. The lowest BCUT2D eigenvalue weighted by Crippen LogP contribution is -2.04. The fourth-order valence-electron chi connectivity index (χ4n) is 1.60. The van der Waals surface area contributed by atoms with Crippen molar-refractivity contribution in [2.24, 2.45) is 0 Å². The highest BCUT2D eigenvalue weighted by molar-refractivity contribution is 9.10. The molecule has 0 unspecified atom stereocenters. The molecule has 2 nitrogen and oxygen atoms in total. The van der Waals surface area contributed by atoms with Gasteiger partial charge < -0.3 is 4.74 Å². The van der Waals surface area contributed by atoms with Gasteiger partial charge in [0.05, 0.1) is 6.61 Å². The first-order valence-corrected chi connectivity index (χ1v) is 7.58. The third-order valence-electron chi connectivity index (χ3n) is 2.51. The van der Waals surface area contributed by atoms with E-state index in [1.807, 2.05) is 30.3 Å². The van der Waals surface area contributed by atoms with Crippen molar-refractivity contribution in [1.29, 1.82) is 0 Å². The van der Waals surface area contributed by atoms with Gasteiger partial charge in [0, 0.05) is 33.7 Å². The van der Waals surface area contributed by atoms with Crippen LogP contribution in [0.4, 0.5) is 0 Å². The molecule has 0 aliphatic rings. The van der Waals surface area contributed by atoms with Gasteiger partial charge in [0.2, 0.25) is 0 Å². The average molecular weight is 371 g/mol. The maximum atomic E-state index is 5.80. The Morgan fingerprint density at radius 2 is 2.06 bits per heavy atom. The number of pyridine rings is 1. The van der Waals surface area contributed by atoms with Gasteiger partial charge >= 0.3 is 0 Å². The lowest BCUT2D eigenvalue weighted by atomic mass is 10.2. The zero-order valence-electron chi connectivity index (χ0n) is 9.77. The highest BCUT2D eigenvalue weighted by Gasteiger charge is 2.03. The number of nitrogens with zero attached hydrogens (tertiary/aromatic N) is 1. The summed E-state index contributed by atoms with van der Waals surface area (Å²) in [6.45, 7) is 0.638. The van der Waals surface area contributed by atoms with Crippen LogP contribution in [0.3, 0.4) is 0 Å². The molecule has 0 saturated heterocycles. The van der Waals surface area contributed by atoms with Gasteiger partial charge in [-0.05, 0) is 30.3 Å². The van der Waals surface area contributed by atoms with Crippen molar-refractivity contribution in [3.05, 3.63) is 58.3 Å². The van der Waals surface area contributed by atoms with E-state index >= 15 is 0 Å². The number of benzene rings is 1. The molecule has 0 fully saturated rings. The van der Waals surface area contributed by atoms with Crippen molar-refractivity contribution in [2.45, 2.75) is 11.8 Å².